The van der Waals surface area contributed by atoms with Crippen LogP contribution >= 0.6 is 0 Å². The Bertz CT molecular complexity index is 917. The molecule has 0 bridgehead atoms. The SMILES string of the molecule is CC(C)c1cc(C#N)c2c(C#N)c(C(C)C)cc(C#N)c2c1C#N. The predicted molar refractivity (Wildman–Crippen MR) is 91.0 cm³/mol. The number of rotatable bonds is 2. The highest BCUT2D eigenvalue weighted by atomic mass is 14.3. The third-order valence-corrected chi connectivity index (χ3v) is 4.17. The monoisotopic (exact) mass is 312 g/mol. The fourth-order valence-corrected chi connectivity index (χ4v) is 3.00. The molecule has 24 heavy (non-hydrogen) atoms. The second-order valence-electron chi connectivity index (χ2n) is 6.28. The Kier molecular flexibility index (Phi) is 4.55. The van der Waals surface area contributed by atoms with Gasteiger partial charge in [0.2, 0.25) is 0 Å². The number of nitrogens with zero attached hydrogens (tertiary/aromatic N) is 4. The van der Waals surface area contributed by atoms with Gasteiger partial charge in [0, 0.05) is 10.8 Å². The van der Waals surface area contributed by atoms with E-state index >= 15 is 0 Å². The Balaban J connectivity index is 3.27. The van der Waals surface area contributed by atoms with E-state index in [9.17, 15) is 21.0 Å². The largest absolute Gasteiger partial charge is 0.192 e. The van der Waals surface area contributed by atoms with Gasteiger partial charge in [-0.3, -0.25) is 0 Å². The van der Waals surface area contributed by atoms with E-state index in [1.807, 2.05) is 27.7 Å². The molecule has 4 heteroatoms. The van der Waals surface area contributed by atoms with Gasteiger partial charge in [-0.05, 0) is 35.1 Å². The van der Waals surface area contributed by atoms with E-state index in [0.717, 1.165) is 11.1 Å². The van der Waals surface area contributed by atoms with Crippen LogP contribution in [0.25, 0.3) is 10.8 Å². The van der Waals surface area contributed by atoms with Gasteiger partial charge in [-0.2, -0.15) is 21.0 Å². The lowest BCUT2D eigenvalue weighted by molar-refractivity contribution is 0.860. The first-order chi connectivity index (χ1) is 11.4. The standard InChI is InChI=1S/C20H16N4/c1-11(2)15-5-13(7-21)20-18(10-24)16(12(3)4)6-14(8-22)19(20)17(15)9-23/h5-6,11-12H,1-4H3. The number of nitriles is 4. The van der Waals surface area contributed by atoms with Crippen molar-refractivity contribution in [1.82, 2.24) is 0 Å². The van der Waals surface area contributed by atoms with Crippen molar-refractivity contribution in [1.29, 1.82) is 21.0 Å². The summed E-state index contributed by atoms with van der Waals surface area (Å²) in [5.41, 5.74) is 2.87. The lowest BCUT2D eigenvalue weighted by Crippen LogP contribution is -2.03. The molecule has 0 aromatic heterocycles. The van der Waals surface area contributed by atoms with Gasteiger partial charge in [-0.25, -0.2) is 0 Å². The molecule has 0 amide bonds. The summed E-state index contributed by atoms with van der Waals surface area (Å²) in [6.07, 6.45) is 0. The van der Waals surface area contributed by atoms with Crippen molar-refractivity contribution in [2.45, 2.75) is 39.5 Å². The van der Waals surface area contributed by atoms with E-state index in [0.29, 0.717) is 33.0 Å². The molecule has 0 saturated carbocycles. The third-order valence-electron chi connectivity index (χ3n) is 4.17. The van der Waals surface area contributed by atoms with Crippen molar-refractivity contribution in [3.8, 4) is 24.3 Å². The molecule has 2 rings (SSSR count). The van der Waals surface area contributed by atoms with Crippen LogP contribution in [0, 0.1) is 45.3 Å². The maximum atomic E-state index is 9.67. The average Bonchev–Trinajstić information content (AvgIpc) is 2.58. The molecule has 0 spiro atoms. The summed E-state index contributed by atoms with van der Waals surface area (Å²) in [6.45, 7) is 7.73. The van der Waals surface area contributed by atoms with Gasteiger partial charge in [0.05, 0.1) is 34.4 Å². The zero-order chi connectivity index (χ0) is 18.0. The highest BCUT2D eigenvalue weighted by Gasteiger charge is 2.23. The Morgan fingerprint density at radius 2 is 0.958 bits per heavy atom. The van der Waals surface area contributed by atoms with E-state index in [1.165, 1.54) is 0 Å². The molecule has 0 unspecified atom stereocenters. The van der Waals surface area contributed by atoms with E-state index in [4.69, 9.17) is 0 Å². The van der Waals surface area contributed by atoms with E-state index in [2.05, 4.69) is 24.3 Å². The molecule has 116 valence electrons. The minimum absolute atomic E-state index is 0.0259. The van der Waals surface area contributed by atoms with Crippen LogP contribution < -0.4 is 0 Å². The second kappa shape index (κ2) is 6.42. The molecular weight excluding hydrogens is 296 g/mol. The first kappa shape index (κ1) is 17.0. The fourth-order valence-electron chi connectivity index (χ4n) is 3.00. The lowest BCUT2D eigenvalue weighted by Gasteiger charge is -2.17. The van der Waals surface area contributed by atoms with Crippen LogP contribution in [0.1, 0.15) is 72.9 Å². The molecular formula is C20H16N4. The van der Waals surface area contributed by atoms with Crippen LogP contribution in [0.5, 0.6) is 0 Å². The van der Waals surface area contributed by atoms with Crippen molar-refractivity contribution in [3.05, 3.63) is 45.5 Å². The zero-order valence-electron chi connectivity index (χ0n) is 14.1. The highest BCUT2D eigenvalue weighted by molar-refractivity contribution is 6.01. The molecule has 0 aliphatic heterocycles. The van der Waals surface area contributed by atoms with Gasteiger partial charge in [0.1, 0.15) is 12.1 Å². The number of benzene rings is 2. The molecule has 0 heterocycles. The Morgan fingerprint density at radius 1 is 0.625 bits per heavy atom. The Hall–Kier alpha value is -3.34. The second-order valence-corrected chi connectivity index (χ2v) is 6.28. The van der Waals surface area contributed by atoms with Crippen LogP contribution in [-0.4, -0.2) is 0 Å². The van der Waals surface area contributed by atoms with E-state index in [-0.39, 0.29) is 11.8 Å². The lowest BCUT2D eigenvalue weighted by atomic mass is 9.83. The summed E-state index contributed by atoms with van der Waals surface area (Å²) in [7, 11) is 0. The van der Waals surface area contributed by atoms with Crippen molar-refractivity contribution in [3.63, 3.8) is 0 Å². The van der Waals surface area contributed by atoms with Crippen LogP contribution in [0.3, 0.4) is 0 Å². The molecule has 2 aromatic rings. The summed E-state index contributed by atoms with van der Waals surface area (Å²) in [6, 6.07) is 12.0. The molecule has 0 radical (unpaired) electrons. The fraction of sp³-hybridized carbons (Fsp3) is 0.300. The molecule has 0 aliphatic carbocycles. The molecule has 0 saturated heterocycles. The highest BCUT2D eigenvalue weighted by Crippen LogP contribution is 2.37. The van der Waals surface area contributed by atoms with Gasteiger partial charge in [-0.1, -0.05) is 27.7 Å². The average molecular weight is 312 g/mol. The van der Waals surface area contributed by atoms with Crippen molar-refractivity contribution in [2.24, 2.45) is 0 Å². The first-order valence-corrected chi connectivity index (χ1v) is 7.69. The zero-order valence-corrected chi connectivity index (χ0v) is 14.1. The maximum Gasteiger partial charge on any atom is 0.100 e. The van der Waals surface area contributed by atoms with Crippen LogP contribution in [0.4, 0.5) is 0 Å². The Morgan fingerprint density at radius 3 is 1.17 bits per heavy atom. The first-order valence-electron chi connectivity index (χ1n) is 7.69. The molecule has 0 N–H and O–H groups in total. The molecule has 0 fully saturated rings. The van der Waals surface area contributed by atoms with Crippen molar-refractivity contribution in [2.75, 3.05) is 0 Å². The summed E-state index contributed by atoms with van der Waals surface area (Å²) < 4.78 is 0. The number of hydrogen-bond acceptors (Lipinski definition) is 4. The summed E-state index contributed by atoms with van der Waals surface area (Å²) in [5.74, 6) is 0.0519. The molecule has 0 aliphatic rings. The minimum Gasteiger partial charge on any atom is -0.192 e. The van der Waals surface area contributed by atoms with Crippen molar-refractivity contribution < 1.29 is 0 Å². The quantitative estimate of drug-likeness (QED) is 0.811. The summed E-state index contributed by atoms with van der Waals surface area (Å²) in [4.78, 5) is 0. The predicted octanol–water partition coefficient (Wildman–Crippen LogP) is 4.57. The maximum absolute atomic E-state index is 9.67. The third kappa shape index (κ3) is 2.46. The van der Waals surface area contributed by atoms with Gasteiger partial charge < -0.3 is 0 Å². The van der Waals surface area contributed by atoms with Gasteiger partial charge in [0.15, 0.2) is 0 Å². The molecule has 0 atom stereocenters. The van der Waals surface area contributed by atoms with Crippen LogP contribution in [0.2, 0.25) is 0 Å². The van der Waals surface area contributed by atoms with Crippen LogP contribution in [0.15, 0.2) is 12.1 Å². The normalized spacial score (nSPS) is 10.2. The summed E-state index contributed by atoms with van der Waals surface area (Å²) in [5, 5.41) is 39.4. The van der Waals surface area contributed by atoms with Gasteiger partial charge in [0.25, 0.3) is 0 Å². The molecule has 4 nitrogen and oxygen atoms in total. The van der Waals surface area contributed by atoms with Crippen molar-refractivity contribution >= 4 is 10.8 Å². The Labute approximate surface area is 141 Å². The van der Waals surface area contributed by atoms with Gasteiger partial charge in [-0.15, -0.1) is 0 Å². The van der Waals surface area contributed by atoms with E-state index in [1.54, 1.807) is 12.1 Å². The number of fused-ring (bicyclic) bond motifs is 1. The van der Waals surface area contributed by atoms with E-state index < -0.39 is 0 Å². The van der Waals surface area contributed by atoms with Gasteiger partial charge >= 0.3 is 0 Å². The summed E-state index contributed by atoms with van der Waals surface area (Å²) >= 11 is 0. The topological polar surface area (TPSA) is 95.2 Å². The minimum atomic E-state index is 0.0259. The molecule has 2 aromatic carbocycles. The smallest absolute Gasteiger partial charge is 0.100 e. The number of hydrogen-bond donors (Lipinski definition) is 0. The van der Waals surface area contributed by atoms with Crippen LogP contribution in [-0.2, 0) is 0 Å².